The molecule has 0 saturated carbocycles. The lowest BCUT2D eigenvalue weighted by molar-refractivity contribution is -0.116. The Kier molecular flexibility index (Phi) is 5.39. The highest BCUT2D eigenvalue weighted by Crippen LogP contribution is 2.38. The summed E-state index contributed by atoms with van der Waals surface area (Å²) >= 11 is 6.24. The monoisotopic (exact) mass is 343 g/mol. The predicted molar refractivity (Wildman–Crippen MR) is 94.4 cm³/mol. The third-order valence-electron chi connectivity index (χ3n) is 3.56. The molecule has 3 rings (SSSR count). The normalized spacial score (nSPS) is 13.5. The number of carbonyl (C=O) groups is 1. The van der Waals surface area contributed by atoms with E-state index in [-0.39, 0.29) is 5.91 Å². The molecule has 2 aromatic carbocycles. The molecule has 1 aliphatic heterocycles. The van der Waals surface area contributed by atoms with Crippen molar-refractivity contribution in [2.75, 3.05) is 13.2 Å². The van der Waals surface area contributed by atoms with E-state index < -0.39 is 0 Å². The summed E-state index contributed by atoms with van der Waals surface area (Å²) in [6, 6.07) is 13.3. The number of benzene rings is 2. The zero-order valence-corrected chi connectivity index (χ0v) is 13.9. The summed E-state index contributed by atoms with van der Waals surface area (Å²) in [5.41, 5.74) is 1.84. The zero-order chi connectivity index (χ0) is 16.8. The van der Waals surface area contributed by atoms with E-state index in [0.29, 0.717) is 36.3 Å². The standard InChI is InChI=1S/C19H18ClNO3/c20-16-11-15(12-17-19(16)24-10-4-9-23-17)7-8-18(22)21-13-14-5-2-1-3-6-14/h1-3,5-8,11-12H,4,9-10,13H2,(H,21,22)/b8-7+. The van der Waals surface area contributed by atoms with Crippen LogP contribution in [0.3, 0.4) is 0 Å². The highest BCUT2D eigenvalue weighted by Gasteiger charge is 2.14. The Labute approximate surface area is 146 Å². The molecule has 0 bridgehead atoms. The summed E-state index contributed by atoms with van der Waals surface area (Å²) in [4.78, 5) is 11.9. The molecule has 1 N–H and O–H groups in total. The number of fused-ring (bicyclic) bond motifs is 1. The van der Waals surface area contributed by atoms with Crippen molar-refractivity contribution in [3.8, 4) is 11.5 Å². The van der Waals surface area contributed by atoms with Gasteiger partial charge >= 0.3 is 0 Å². The molecule has 0 fully saturated rings. The van der Waals surface area contributed by atoms with Gasteiger partial charge < -0.3 is 14.8 Å². The van der Waals surface area contributed by atoms with Crippen molar-refractivity contribution in [2.24, 2.45) is 0 Å². The lowest BCUT2D eigenvalue weighted by atomic mass is 10.2. The van der Waals surface area contributed by atoms with E-state index in [4.69, 9.17) is 21.1 Å². The van der Waals surface area contributed by atoms with Crippen LogP contribution in [0.5, 0.6) is 11.5 Å². The van der Waals surface area contributed by atoms with Crippen LogP contribution < -0.4 is 14.8 Å². The minimum absolute atomic E-state index is 0.165. The number of halogens is 1. The third kappa shape index (κ3) is 4.30. The zero-order valence-electron chi connectivity index (χ0n) is 13.1. The largest absolute Gasteiger partial charge is 0.489 e. The van der Waals surface area contributed by atoms with Gasteiger partial charge in [0.2, 0.25) is 5.91 Å². The maximum atomic E-state index is 11.9. The summed E-state index contributed by atoms with van der Waals surface area (Å²) in [5, 5.41) is 3.33. The first kappa shape index (κ1) is 16.4. The molecule has 1 heterocycles. The molecular weight excluding hydrogens is 326 g/mol. The van der Waals surface area contributed by atoms with Crippen LogP contribution in [0.1, 0.15) is 17.5 Å². The number of nitrogens with one attached hydrogen (secondary N) is 1. The average molecular weight is 344 g/mol. The van der Waals surface area contributed by atoms with Crippen LogP contribution in [0.15, 0.2) is 48.5 Å². The van der Waals surface area contributed by atoms with Gasteiger partial charge in [-0.15, -0.1) is 0 Å². The van der Waals surface area contributed by atoms with Crippen molar-refractivity contribution in [3.63, 3.8) is 0 Å². The van der Waals surface area contributed by atoms with E-state index in [9.17, 15) is 4.79 Å². The van der Waals surface area contributed by atoms with Crippen molar-refractivity contribution in [3.05, 3.63) is 64.7 Å². The number of hydrogen-bond donors (Lipinski definition) is 1. The van der Waals surface area contributed by atoms with Gasteiger partial charge in [0.25, 0.3) is 0 Å². The fraction of sp³-hybridized carbons (Fsp3) is 0.211. The Bertz CT molecular complexity index is 744. The first-order chi connectivity index (χ1) is 11.7. The van der Waals surface area contributed by atoms with Gasteiger partial charge in [0.05, 0.1) is 18.2 Å². The summed E-state index contributed by atoms with van der Waals surface area (Å²) in [6.45, 7) is 1.67. The number of amides is 1. The average Bonchev–Trinajstić information content (AvgIpc) is 2.85. The van der Waals surface area contributed by atoms with Gasteiger partial charge in [0.1, 0.15) is 0 Å². The molecule has 0 radical (unpaired) electrons. The van der Waals surface area contributed by atoms with Gasteiger partial charge in [-0.1, -0.05) is 41.9 Å². The molecule has 0 spiro atoms. The second kappa shape index (κ2) is 7.88. The first-order valence-electron chi connectivity index (χ1n) is 7.81. The van der Waals surface area contributed by atoms with Gasteiger partial charge in [-0.25, -0.2) is 0 Å². The Morgan fingerprint density at radius 1 is 1.17 bits per heavy atom. The third-order valence-corrected chi connectivity index (χ3v) is 3.84. The molecule has 1 amide bonds. The van der Waals surface area contributed by atoms with Crippen LogP contribution in [0.25, 0.3) is 6.08 Å². The van der Waals surface area contributed by atoms with E-state index in [1.165, 1.54) is 6.08 Å². The van der Waals surface area contributed by atoms with Crippen molar-refractivity contribution in [1.29, 1.82) is 0 Å². The van der Waals surface area contributed by atoms with Crippen molar-refractivity contribution in [1.82, 2.24) is 5.32 Å². The van der Waals surface area contributed by atoms with Gasteiger partial charge in [-0.05, 0) is 29.3 Å². The maximum absolute atomic E-state index is 11.9. The highest BCUT2D eigenvalue weighted by molar-refractivity contribution is 6.32. The van der Waals surface area contributed by atoms with Crippen LogP contribution in [0.4, 0.5) is 0 Å². The Morgan fingerprint density at radius 2 is 1.96 bits per heavy atom. The summed E-state index contributed by atoms with van der Waals surface area (Å²) < 4.78 is 11.2. The molecule has 0 aliphatic carbocycles. The topological polar surface area (TPSA) is 47.6 Å². The highest BCUT2D eigenvalue weighted by atomic mass is 35.5. The molecule has 0 atom stereocenters. The van der Waals surface area contributed by atoms with Crippen LogP contribution in [-0.4, -0.2) is 19.1 Å². The summed E-state index contributed by atoms with van der Waals surface area (Å²) in [6.07, 6.45) is 4.01. The van der Waals surface area contributed by atoms with Crippen LogP contribution in [0, 0.1) is 0 Å². The van der Waals surface area contributed by atoms with E-state index in [2.05, 4.69) is 5.32 Å². The molecule has 5 heteroatoms. The van der Waals surface area contributed by atoms with Gasteiger partial charge in [0.15, 0.2) is 11.5 Å². The fourth-order valence-corrected chi connectivity index (χ4v) is 2.64. The minimum atomic E-state index is -0.165. The van der Waals surface area contributed by atoms with Crippen molar-refractivity contribution in [2.45, 2.75) is 13.0 Å². The Balaban J connectivity index is 1.64. The first-order valence-corrected chi connectivity index (χ1v) is 8.19. The number of ether oxygens (including phenoxy) is 2. The van der Waals surface area contributed by atoms with Crippen LogP contribution in [-0.2, 0) is 11.3 Å². The SMILES string of the molecule is O=C(/C=C/c1cc(Cl)c2c(c1)OCCCO2)NCc1ccccc1. The van der Waals surface area contributed by atoms with Gasteiger partial charge in [-0.3, -0.25) is 4.79 Å². The number of rotatable bonds is 4. The molecule has 2 aromatic rings. The Hall–Kier alpha value is -2.46. The van der Waals surface area contributed by atoms with Crippen molar-refractivity contribution < 1.29 is 14.3 Å². The molecule has 24 heavy (non-hydrogen) atoms. The maximum Gasteiger partial charge on any atom is 0.244 e. The van der Waals surface area contributed by atoms with Gasteiger partial charge in [0, 0.05) is 19.0 Å². The van der Waals surface area contributed by atoms with E-state index >= 15 is 0 Å². The van der Waals surface area contributed by atoms with Crippen LogP contribution in [0.2, 0.25) is 5.02 Å². The fourth-order valence-electron chi connectivity index (χ4n) is 2.36. The van der Waals surface area contributed by atoms with E-state index in [1.54, 1.807) is 12.1 Å². The lowest BCUT2D eigenvalue weighted by Crippen LogP contribution is -2.20. The molecule has 4 nitrogen and oxygen atoms in total. The lowest BCUT2D eigenvalue weighted by Gasteiger charge is -2.10. The molecule has 0 saturated heterocycles. The number of hydrogen-bond acceptors (Lipinski definition) is 3. The molecule has 124 valence electrons. The second-order valence-electron chi connectivity index (χ2n) is 5.42. The number of carbonyl (C=O) groups excluding carboxylic acids is 1. The second-order valence-corrected chi connectivity index (χ2v) is 5.82. The predicted octanol–water partition coefficient (Wildman–Crippen LogP) is 3.83. The van der Waals surface area contributed by atoms with Crippen LogP contribution >= 0.6 is 11.6 Å². The molecule has 0 aromatic heterocycles. The minimum Gasteiger partial charge on any atom is -0.489 e. The summed E-state index contributed by atoms with van der Waals surface area (Å²) in [5.74, 6) is 1.02. The smallest absolute Gasteiger partial charge is 0.244 e. The summed E-state index contributed by atoms with van der Waals surface area (Å²) in [7, 11) is 0. The molecule has 1 aliphatic rings. The van der Waals surface area contributed by atoms with E-state index in [0.717, 1.165) is 17.5 Å². The quantitative estimate of drug-likeness (QED) is 0.858. The Morgan fingerprint density at radius 3 is 2.79 bits per heavy atom. The molecular formula is C19H18ClNO3. The molecule has 0 unspecified atom stereocenters. The van der Waals surface area contributed by atoms with Crippen molar-refractivity contribution >= 4 is 23.6 Å². The van der Waals surface area contributed by atoms with Gasteiger partial charge in [-0.2, -0.15) is 0 Å². The van der Waals surface area contributed by atoms with E-state index in [1.807, 2.05) is 36.4 Å².